The topological polar surface area (TPSA) is 36.4 Å². The van der Waals surface area contributed by atoms with E-state index in [0.29, 0.717) is 0 Å². The third-order valence-corrected chi connectivity index (χ3v) is 3.46. The maximum atomic E-state index is 12.9. The number of nitrogens with zero attached hydrogens (tertiary/aromatic N) is 1. The summed E-state index contributed by atoms with van der Waals surface area (Å²) in [5, 5.41) is 6.93. The number of hydrazone groups is 1. The Kier molecular flexibility index (Phi) is 5.56. The van der Waals surface area contributed by atoms with Crippen LogP contribution in [-0.2, 0) is 6.18 Å². The zero-order valence-electron chi connectivity index (χ0n) is 13.1. The maximum absolute atomic E-state index is 12.9. The Hall–Kier alpha value is -2.41. The number of benzene rings is 2. The van der Waals surface area contributed by atoms with Crippen LogP contribution in [0.2, 0.25) is 0 Å². The van der Waals surface area contributed by atoms with E-state index >= 15 is 0 Å². The Balaban J connectivity index is 2.03. The van der Waals surface area contributed by atoms with Crippen LogP contribution in [0.3, 0.4) is 0 Å². The monoisotopic (exact) mass is 351 g/mol. The normalized spacial score (nSPS) is 11.5. The minimum atomic E-state index is -4.43. The van der Waals surface area contributed by atoms with Crippen LogP contribution in [0.5, 0.6) is 0 Å². The van der Waals surface area contributed by atoms with Crippen LogP contribution in [0, 0.1) is 13.8 Å². The number of anilines is 1. The van der Waals surface area contributed by atoms with Gasteiger partial charge in [0.15, 0.2) is 5.11 Å². The summed E-state index contributed by atoms with van der Waals surface area (Å²) in [7, 11) is 0. The minimum absolute atomic E-state index is 0.0354. The van der Waals surface area contributed by atoms with Gasteiger partial charge in [0.25, 0.3) is 0 Å². The number of rotatable bonds is 3. The van der Waals surface area contributed by atoms with Gasteiger partial charge in [-0.1, -0.05) is 35.9 Å². The van der Waals surface area contributed by atoms with E-state index in [2.05, 4.69) is 15.8 Å². The zero-order valence-corrected chi connectivity index (χ0v) is 13.9. The minimum Gasteiger partial charge on any atom is -0.331 e. The van der Waals surface area contributed by atoms with Crippen molar-refractivity contribution in [1.82, 2.24) is 5.43 Å². The summed E-state index contributed by atoms with van der Waals surface area (Å²) in [4.78, 5) is 0. The van der Waals surface area contributed by atoms with Gasteiger partial charge in [0.1, 0.15) is 0 Å². The van der Waals surface area contributed by atoms with Crippen LogP contribution in [0.4, 0.5) is 18.9 Å². The quantitative estimate of drug-likeness (QED) is 0.480. The molecule has 0 amide bonds. The van der Waals surface area contributed by atoms with E-state index < -0.39 is 11.7 Å². The molecule has 2 aromatic carbocycles. The van der Waals surface area contributed by atoms with Crippen molar-refractivity contribution in [2.75, 3.05) is 5.32 Å². The average Bonchev–Trinajstić information content (AvgIpc) is 2.49. The SMILES string of the molecule is Cc1ccc(NC(=S)NN=Cc2ccccc2C(F)(F)F)c(C)c1. The molecule has 0 saturated heterocycles. The van der Waals surface area contributed by atoms with Gasteiger partial charge in [0.05, 0.1) is 11.8 Å². The van der Waals surface area contributed by atoms with Crippen molar-refractivity contribution >= 4 is 29.2 Å². The van der Waals surface area contributed by atoms with Crippen LogP contribution in [0.15, 0.2) is 47.6 Å². The molecule has 0 atom stereocenters. The fourth-order valence-corrected chi connectivity index (χ4v) is 2.29. The molecule has 24 heavy (non-hydrogen) atoms. The number of thiocarbonyl (C=S) groups is 1. The van der Waals surface area contributed by atoms with Crippen LogP contribution in [0.25, 0.3) is 0 Å². The Morgan fingerprint density at radius 3 is 2.50 bits per heavy atom. The molecule has 2 rings (SSSR count). The van der Waals surface area contributed by atoms with E-state index in [4.69, 9.17) is 12.2 Å². The lowest BCUT2D eigenvalue weighted by molar-refractivity contribution is -0.137. The second-order valence-corrected chi connectivity index (χ2v) is 5.64. The molecule has 0 spiro atoms. The summed E-state index contributed by atoms with van der Waals surface area (Å²) in [6.07, 6.45) is -3.33. The highest BCUT2D eigenvalue weighted by molar-refractivity contribution is 7.80. The number of hydrogen-bond donors (Lipinski definition) is 2. The largest absolute Gasteiger partial charge is 0.417 e. The first-order valence-electron chi connectivity index (χ1n) is 7.11. The van der Waals surface area contributed by atoms with E-state index in [1.54, 1.807) is 0 Å². The van der Waals surface area contributed by atoms with Gasteiger partial charge in [-0.25, -0.2) is 0 Å². The molecule has 0 saturated carbocycles. The molecule has 0 aliphatic rings. The molecule has 0 aromatic heterocycles. The first-order valence-corrected chi connectivity index (χ1v) is 7.52. The highest BCUT2D eigenvalue weighted by Gasteiger charge is 2.32. The highest BCUT2D eigenvalue weighted by atomic mass is 32.1. The van der Waals surface area contributed by atoms with E-state index in [-0.39, 0.29) is 10.7 Å². The van der Waals surface area contributed by atoms with Gasteiger partial charge in [-0.2, -0.15) is 18.3 Å². The summed E-state index contributed by atoms with van der Waals surface area (Å²) >= 11 is 5.09. The number of aryl methyl sites for hydroxylation is 2. The lowest BCUT2D eigenvalue weighted by atomic mass is 10.1. The Labute approximate surface area is 143 Å². The second-order valence-electron chi connectivity index (χ2n) is 5.23. The first kappa shape index (κ1) is 17.9. The molecule has 0 bridgehead atoms. The molecular formula is C17H16F3N3S. The van der Waals surface area contributed by atoms with E-state index in [9.17, 15) is 13.2 Å². The molecule has 2 N–H and O–H groups in total. The van der Waals surface area contributed by atoms with Crippen molar-refractivity contribution in [2.45, 2.75) is 20.0 Å². The molecule has 0 unspecified atom stereocenters. The first-order chi connectivity index (χ1) is 11.3. The van der Waals surface area contributed by atoms with Crippen molar-refractivity contribution in [1.29, 1.82) is 0 Å². The highest BCUT2D eigenvalue weighted by Crippen LogP contribution is 2.31. The van der Waals surface area contributed by atoms with Crippen LogP contribution < -0.4 is 10.7 Å². The summed E-state index contributed by atoms with van der Waals surface area (Å²) in [6.45, 7) is 3.91. The van der Waals surface area contributed by atoms with Crippen LogP contribution in [0.1, 0.15) is 22.3 Å². The lowest BCUT2D eigenvalue weighted by Crippen LogP contribution is -2.24. The number of halogens is 3. The van der Waals surface area contributed by atoms with Gasteiger partial charge >= 0.3 is 6.18 Å². The molecule has 0 radical (unpaired) electrons. The van der Waals surface area contributed by atoms with Crippen LogP contribution >= 0.6 is 12.2 Å². The molecule has 0 heterocycles. The van der Waals surface area contributed by atoms with Crippen molar-refractivity contribution in [3.63, 3.8) is 0 Å². The molecule has 0 aliphatic carbocycles. The third kappa shape index (κ3) is 4.79. The van der Waals surface area contributed by atoms with Crippen molar-refractivity contribution in [3.8, 4) is 0 Å². The smallest absolute Gasteiger partial charge is 0.331 e. The van der Waals surface area contributed by atoms with Crippen LogP contribution in [-0.4, -0.2) is 11.3 Å². The number of alkyl halides is 3. The molecule has 126 valence electrons. The summed E-state index contributed by atoms with van der Waals surface area (Å²) < 4.78 is 38.6. The third-order valence-electron chi connectivity index (χ3n) is 3.27. The summed E-state index contributed by atoms with van der Waals surface area (Å²) in [5.41, 5.74) is 4.68. The van der Waals surface area contributed by atoms with Crippen molar-refractivity contribution in [3.05, 3.63) is 64.7 Å². The molecule has 0 fully saturated rings. The van der Waals surface area contributed by atoms with Gasteiger partial charge in [-0.3, -0.25) is 5.43 Å². The van der Waals surface area contributed by atoms with Gasteiger partial charge in [-0.05, 0) is 43.8 Å². The molecule has 7 heteroatoms. The van der Waals surface area contributed by atoms with Gasteiger partial charge in [-0.15, -0.1) is 0 Å². The van der Waals surface area contributed by atoms with Gasteiger partial charge in [0.2, 0.25) is 0 Å². The van der Waals surface area contributed by atoms with Gasteiger partial charge in [0, 0.05) is 11.3 Å². The lowest BCUT2D eigenvalue weighted by Gasteiger charge is -2.11. The maximum Gasteiger partial charge on any atom is 0.417 e. The molecular weight excluding hydrogens is 335 g/mol. The predicted molar refractivity (Wildman–Crippen MR) is 94.3 cm³/mol. The van der Waals surface area contributed by atoms with E-state index in [0.717, 1.165) is 29.1 Å². The molecule has 0 aliphatic heterocycles. The molecule has 2 aromatic rings. The molecule has 3 nitrogen and oxygen atoms in total. The van der Waals surface area contributed by atoms with Gasteiger partial charge < -0.3 is 5.32 Å². The van der Waals surface area contributed by atoms with E-state index in [1.807, 2.05) is 32.0 Å². The average molecular weight is 351 g/mol. The fourth-order valence-electron chi connectivity index (χ4n) is 2.13. The number of hydrogen-bond acceptors (Lipinski definition) is 2. The second kappa shape index (κ2) is 7.44. The Morgan fingerprint density at radius 2 is 1.83 bits per heavy atom. The van der Waals surface area contributed by atoms with E-state index in [1.165, 1.54) is 18.2 Å². The Morgan fingerprint density at radius 1 is 1.12 bits per heavy atom. The number of nitrogens with one attached hydrogen (secondary N) is 2. The summed E-state index contributed by atoms with van der Waals surface area (Å²) in [5.74, 6) is 0. The van der Waals surface area contributed by atoms with Crippen molar-refractivity contribution in [2.24, 2.45) is 5.10 Å². The Bertz CT molecular complexity index is 770. The standard InChI is InChI=1S/C17H16F3N3S/c1-11-7-8-15(12(2)9-11)22-16(24)23-21-10-13-5-3-4-6-14(13)17(18,19)20/h3-10H,1-2H3,(H2,22,23,24). The zero-order chi connectivity index (χ0) is 17.7. The predicted octanol–water partition coefficient (Wildman–Crippen LogP) is 4.64. The fraction of sp³-hybridized carbons (Fsp3) is 0.176. The summed E-state index contributed by atoms with van der Waals surface area (Å²) in [6, 6.07) is 11.0. The van der Waals surface area contributed by atoms with Crippen molar-refractivity contribution < 1.29 is 13.2 Å².